The lowest BCUT2D eigenvalue weighted by Gasteiger charge is -2.24. The van der Waals surface area contributed by atoms with Gasteiger partial charge in [-0.15, -0.1) is 0 Å². The number of hydrogen-bond acceptors (Lipinski definition) is 1. The number of benzene rings is 1. The molecule has 96 valence electrons. The van der Waals surface area contributed by atoms with Crippen LogP contribution in [0, 0.1) is 5.92 Å². The van der Waals surface area contributed by atoms with Crippen molar-refractivity contribution in [2.75, 3.05) is 6.61 Å². The first-order valence-corrected chi connectivity index (χ1v) is 6.71. The molecule has 1 aromatic carbocycles. The zero-order valence-electron chi connectivity index (χ0n) is 11.9. The van der Waals surface area contributed by atoms with E-state index in [0.29, 0.717) is 5.92 Å². The molecule has 0 spiro atoms. The number of hydrogen-bond donors (Lipinski definition) is 0. The maximum absolute atomic E-state index is 6.01. The lowest BCUT2D eigenvalue weighted by atomic mass is 9.86. The predicted molar refractivity (Wildman–Crippen MR) is 74.7 cm³/mol. The maximum atomic E-state index is 6.01. The van der Waals surface area contributed by atoms with Crippen molar-refractivity contribution in [1.29, 1.82) is 0 Å². The van der Waals surface area contributed by atoms with Crippen LogP contribution in [0.4, 0.5) is 0 Å². The van der Waals surface area contributed by atoms with Crippen molar-refractivity contribution in [2.24, 2.45) is 5.92 Å². The van der Waals surface area contributed by atoms with Gasteiger partial charge in [-0.25, -0.2) is 0 Å². The third kappa shape index (κ3) is 4.07. The van der Waals surface area contributed by atoms with Gasteiger partial charge in [0, 0.05) is 0 Å². The Morgan fingerprint density at radius 2 is 1.65 bits per heavy atom. The summed E-state index contributed by atoms with van der Waals surface area (Å²) in [6, 6.07) is 8.40. The number of rotatable bonds is 5. The summed E-state index contributed by atoms with van der Waals surface area (Å²) in [7, 11) is 0. The molecule has 0 atom stereocenters. The Labute approximate surface area is 106 Å². The standard InChI is InChI=1S/C16H26O/c1-6-13(7-2)12-17-15-11-9-8-10-14(15)16(3,4)5/h8-11,13H,6-7,12H2,1-5H3. The van der Waals surface area contributed by atoms with Gasteiger partial charge in [0.05, 0.1) is 6.61 Å². The minimum absolute atomic E-state index is 0.143. The second-order valence-electron chi connectivity index (χ2n) is 5.74. The van der Waals surface area contributed by atoms with Crippen molar-refractivity contribution < 1.29 is 4.74 Å². The summed E-state index contributed by atoms with van der Waals surface area (Å²) >= 11 is 0. The molecule has 0 saturated carbocycles. The van der Waals surface area contributed by atoms with Crippen LogP contribution in [0.15, 0.2) is 24.3 Å². The largest absolute Gasteiger partial charge is 0.493 e. The minimum atomic E-state index is 0.143. The molecule has 1 rings (SSSR count). The monoisotopic (exact) mass is 234 g/mol. The minimum Gasteiger partial charge on any atom is -0.493 e. The third-order valence-corrected chi connectivity index (χ3v) is 3.32. The van der Waals surface area contributed by atoms with E-state index in [2.05, 4.69) is 58.9 Å². The van der Waals surface area contributed by atoms with E-state index < -0.39 is 0 Å². The van der Waals surface area contributed by atoms with Gasteiger partial charge in [0.15, 0.2) is 0 Å². The van der Waals surface area contributed by atoms with E-state index in [4.69, 9.17) is 4.74 Å². The normalized spacial score (nSPS) is 11.9. The Bertz CT molecular complexity index is 332. The Kier molecular flexibility index (Phi) is 5.04. The molecule has 0 saturated heterocycles. The molecule has 0 bridgehead atoms. The van der Waals surface area contributed by atoms with Gasteiger partial charge in [-0.3, -0.25) is 0 Å². The fourth-order valence-corrected chi connectivity index (χ4v) is 1.94. The first kappa shape index (κ1) is 14.1. The molecule has 0 aliphatic rings. The third-order valence-electron chi connectivity index (χ3n) is 3.32. The van der Waals surface area contributed by atoms with Crippen molar-refractivity contribution in [2.45, 2.75) is 52.9 Å². The van der Waals surface area contributed by atoms with E-state index in [0.717, 1.165) is 12.4 Å². The highest BCUT2D eigenvalue weighted by Crippen LogP contribution is 2.31. The van der Waals surface area contributed by atoms with Gasteiger partial charge in [-0.05, 0) is 23.0 Å². The van der Waals surface area contributed by atoms with Gasteiger partial charge in [-0.2, -0.15) is 0 Å². The molecule has 1 nitrogen and oxygen atoms in total. The Morgan fingerprint density at radius 1 is 1.06 bits per heavy atom. The molecule has 0 radical (unpaired) electrons. The quantitative estimate of drug-likeness (QED) is 0.711. The van der Waals surface area contributed by atoms with Crippen molar-refractivity contribution in [3.05, 3.63) is 29.8 Å². The van der Waals surface area contributed by atoms with E-state index in [1.807, 2.05) is 0 Å². The van der Waals surface area contributed by atoms with Crippen LogP contribution in [-0.2, 0) is 5.41 Å². The van der Waals surface area contributed by atoms with E-state index in [1.54, 1.807) is 0 Å². The fourth-order valence-electron chi connectivity index (χ4n) is 1.94. The molecule has 1 aromatic rings. The highest BCUT2D eigenvalue weighted by Gasteiger charge is 2.18. The fraction of sp³-hybridized carbons (Fsp3) is 0.625. The molecule has 0 aliphatic carbocycles. The van der Waals surface area contributed by atoms with Crippen LogP contribution < -0.4 is 4.74 Å². The Morgan fingerprint density at radius 3 is 2.18 bits per heavy atom. The maximum Gasteiger partial charge on any atom is 0.123 e. The van der Waals surface area contributed by atoms with Crippen molar-refractivity contribution in [3.63, 3.8) is 0 Å². The lowest BCUT2D eigenvalue weighted by molar-refractivity contribution is 0.236. The average Bonchev–Trinajstić information content (AvgIpc) is 2.29. The van der Waals surface area contributed by atoms with E-state index in [1.165, 1.54) is 18.4 Å². The van der Waals surface area contributed by atoms with Crippen LogP contribution in [0.5, 0.6) is 5.75 Å². The van der Waals surface area contributed by atoms with E-state index in [-0.39, 0.29) is 5.41 Å². The van der Waals surface area contributed by atoms with Gasteiger partial charge in [0.1, 0.15) is 5.75 Å². The molecule has 0 heterocycles. The summed E-state index contributed by atoms with van der Waals surface area (Å²) < 4.78 is 6.01. The molecule has 17 heavy (non-hydrogen) atoms. The molecule has 0 aliphatic heterocycles. The van der Waals surface area contributed by atoms with Crippen LogP contribution in [0.25, 0.3) is 0 Å². The number of ether oxygens (including phenoxy) is 1. The zero-order chi connectivity index (χ0) is 12.9. The van der Waals surface area contributed by atoms with Crippen LogP contribution in [0.1, 0.15) is 53.0 Å². The topological polar surface area (TPSA) is 9.23 Å². The van der Waals surface area contributed by atoms with E-state index in [9.17, 15) is 0 Å². The predicted octanol–water partition coefficient (Wildman–Crippen LogP) is 4.80. The first-order valence-electron chi connectivity index (χ1n) is 6.71. The van der Waals surface area contributed by atoms with Gasteiger partial charge < -0.3 is 4.74 Å². The summed E-state index contributed by atoms with van der Waals surface area (Å²) in [6.07, 6.45) is 2.38. The molecular weight excluding hydrogens is 208 g/mol. The van der Waals surface area contributed by atoms with Crippen LogP contribution >= 0.6 is 0 Å². The molecule has 0 fully saturated rings. The average molecular weight is 234 g/mol. The van der Waals surface area contributed by atoms with Crippen LogP contribution in [-0.4, -0.2) is 6.61 Å². The highest BCUT2D eigenvalue weighted by atomic mass is 16.5. The van der Waals surface area contributed by atoms with Crippen molar-refractivity contribution in [1.82, 2.24) is 0 Å². The summed E-state index contributed by atoms with van der Waals surface area (Å²) in [5.74, 6) is 1.72. The van der Waals surface area contributed by atoms with Gasteiger partial charge in [0.2, 0.25) is 0 Å². The first-order chi connectivity index (χ1) is 7.99. The molecule has 1 heteroatoms. The SMILES string of the molecule is CCC(CC)COc1ccccc1C(C)(C)C. The van der Waals surface area contributed by atoms with Crippen LogP contribution in [0.2, 0.25) is 0 Å². The number of para-hydroxylation sites is 1. The molecule has 0 N–H and O–H groups in total. The summed E-state index contributed by atoms with van der Waals surface area (Å²) in [5, 5.41) is 0. The summed E-state index contributed by atoms with van der Waals surface area (Å²) in [5.41, 5.74) is 1.44. The smallest absolute Gasteiger partial charge is 0.123 e. The molecule has 0 amide bonds. The van der Waals surface area contributed by atoms with E-state index >= 15 is 0 Å². The second-order valence-corrected chi connectivity index (χ2v) is 5.74. The summed E-state index contributed by atoms with van der Waals surface area (Å²) in [4.78, 5) is 0. The summed E-state index contributed by atoms with van der Waals surface area (Å²) in [6.45, 7) is 12.0. The molecule has 0 aromatic heterocycles. The van der Waals surface area contributed by atoms with Crippen LogP contribution in [0.3, 0.4) is 0 Å². The Hall–Kier alpha value is -0.980. The molecular formula is C16H26O. The molecule has 0 unspecified atom stereocenters. The van der Waals surface area contributed by atoms with Gasteiger partial charge in [0.25, 0.3) is 0 Å². The van der Waals surface area contributed by atoms with Crippen molar-refractivity contribution >= 4 is 0 Å². The zero-order valence-corrected chi connectivity index (χ0v) is 11.9. The van der Waals surface area contributed by atoms with Gasteiger partial charge >= 0.3 is 0 Å². The highest BCUT2D eigenvalue weighted by molar-refractivity contribution is 5.38. The second kappa shape index (κ2) is 6.09. The Balaban J connectivity index is 2.77. The van der Waals surface area contributed by atoms with Gasteiger partial charge in [-0.1, -0.05) is 65.7 Å². The van der Waals surface area contributed by atoms with Crippen molar-refractivity contribution in [3.8, 4) is 5.75 Å². The lowest BCUT2D eigenvalue weighted by Crippen LogP contribution is -2.16.